The molecule has 0 fully saturated rings. The van der Waals surface area contributed by atoms with Crippen molar-refractivity contribution in [2.75, 3.05) is 0 Å². The molecule has 0 saturated carbocycles. The third-order valence-corrected chi connectivity index (χ3v) is 6.07. The van der Waals surface area contributed by atoms with Crippen LogP contribution in [-0.4, -0.2) is 46.2 Å². The van der Waals surface area contributed by atoms with Gasteiger partial charge in [0.1, 0.15) is 18.0 Å². The number of hydrogen-bond donors (Lipinski definition) is 2. The van der Waals surface area contributed by atoms with E-state index >= 15 is 0 Å². The lowest BCUT2D eigenvalue weighted by Crippen LogP contribution is -2.44. The Labute approximate surface area is 176 Å². The Balaban J connectivity index is 2.26. The van der Waals surface area contributed by atoms with Crippen LogP contribution in [0.3, 0.4) is 0 Å². The summed E-state index contributed by atoms with van der Waals surface area (Å²) in [5, 5.41) is 11.7. The van der Waals surface area contributed by atoms with Crippen molar-refractivity contribution in [1.82, 2.24) is 14.3 Å². The molecule has 0 radical (unpaired) electrons. The molecule has 0 aliphatic heterocycles. The Hall–Kier alpha value is -2.88. The predicted octanol–water partition coefficient (Wildman–Crippen LogP) is 2.57. The van der Waals surface area contributed by atoms with Crippen LogP contribution in [0.2, 0.25) is 0 Å². The Kier molecular flexibility index (Phi) is 6.60. The van der Waals surface area contributed by atoms with Gasteiger partial charge in [-0.1, -0.05) is 17.7 Å². The molecule has 0 spiro atoms. The molecule has 2 rings (SSSR count). The average Bonchev–Trinajstić information content (AvgIpc) is 3.00. The largest absolute Gasteiger partial charge is 0.480 e. The summed E-state index contributed by atoms with van der Waals surface area (Å²) < 4.78 is 32.2. The number of aliphatic carboxylic acids is 1. The second-order valence-corrected chi connectivity index (χ2v) is 9.95. The first-order valence-electron chi connectivity index (χ1n) is 9.29. The number of nitrogens with one attached hydrogen (secondary N) is 1. The summed E-state index contributed by atoms with van der Waals surface area (Å²) in [4.78, 5) is 27.6. The molecule has 0 bridgehead atoms. The summed E-state index contributed by atoms with van der Waals surface area (Å²) in [6.07, 6.45) is 1.28. The van der Waals surface area contributed by atoms with E-state index in [1.165, 1.54) is 6.20 Å². The van der Waals surface area contributed by atoms with Crippen molar-refractivity contribution in [1.29, 1.82) is 0 Å². The Morgan fingerprint density at radius 1 is 1.20 bits per heavy atom. The molecule has 9 nitrogen and oxygen atoms in total. The molecule has 1 atom stereocenters. The number of nitrogens with zero attached hydrogens (tertiary/aromatic N) is 2. The summed E-state index contributed by atoms with van der Waals surface area (Å²) >= 11 is 0. The molecule has 1 aromatic heterocycles. The van der Waals surface area contributed by atoms with Crippen molar-refractivity contribution in [3.8, 4) is 0 Å². The Bertz CT molecular complexity index is 1040. The van der Waals surface area contributed by atoms with E-state index < -0.39 is 33.7 Å². The fourth-order valence-electron chi connectivity index (χ4n) is 3.12. The third kappa shape index (κ3) is 5.59. The van der Waals surface area contributed by atoms with Crippen molar-refractivity contribution >= 4 is 22.1 Å². The minimum Gasteiger partial charge on any atom is -0.480 e. The van der Waals surface area contributed by atoms with Crippen LogP contribution in [0.15, 0.2) is 29.6 Å². The van der Waals surface area contributed by atoms with Gasteiger partial charge in [0.05, 0.1) is 10.6 Å². The number of hydrogen-bond acceptors (Lipinski definition) is 6. The van der Waals surface area contributed by atoms with Gasteiger partial charge in [-0.05, 0) is 52.7 Å². The summed E-state index contributed by atoms with van der Waals surface area (Å²) in [7, 11) is -3.90. The second-order valence-electron chi connectivity index (χ2n) is 8.17. The van der Waals surface area contributed by atoms with Crippen molar-refractivity contribution in [2.24, 2.45) is 0 Å². The van der Waals surface area contributed by atoms with E-state index in [0.29, 0.717) is 11.1 Å². The van der Waals surface area contributed by atoms with Crippen LogP contribution in [0.25, 0.3) is 0 Å². The summed E-state index contributed by atoms with van der Waals surface area (Å²) in [6, 6.07) is 2.24. The highest BCUT2D eigenvalue weighted by Gasteiger charge is 2.27. The van der Waals surface area contributed by atoms with Crippen molar-refractivity contribution < 1.29 is 27.9 Å². The van der Waals surface area contributed by atoms with Gasteiger partial charge in [-0.3, -0.25) is 0 Å². The summed E-state index contributed by atoms with van der Waals surface area (Å²) in [5.74, 6) is -1.29. The number of carbonyl (C=O) groups is 2. The highest BCUT2D eigenvalue weighted by molar-refractivity contribution is 7.90. The predicted molar refractivity (Wildman–Crippen MR) is 110 cm³/mol. The lowest BCUT2D eigenvalue weighted by molar-refractivity contribution is -0.139. The van der Waals surface area contributed by atoms with Crippen molar-refractivity contribution in [2.45, 2.75) is 64.5 Å². The van der Waals surface area contributed by atoms with Crippen molar-refractivity contribution in [3.63, 3.8) is 0 Å². The first-order chi connectivity index (χ1) is 13.7. The monoisotopic (exact) mass is 437 g/mol. The zero-order valence-electron chi connectivity index (χ0n) is 17.9. The van der Waals surface area contributed by atoms with E-state index in [9.17, 15) is 23.1 Å². The molecule has 1 aromatic carbocycles. The molecule has 2 N–H and O–H groups in total. The van der Waals surface area contributed by atoms with Crippen LogP contribution in [0.1, 0.15) is 43.2 Å². The van der Waals surface area contributed by atoms with Crippen LogP contribution in [0, 0.1) is 20.8 Å². The standard InChI is InChI=1S/C20H27N3O6S/c1-12-7-13(2)17(14(3)8-12)30(27,28)23-10-15(21-11-23)9-16(18(24)25)22-19(26)29-20(4,5)6/h7-8,10-11,16H,9H2,1-6H3,(H,22,26)(H,24,25)/t16-/m0/s1. The summed E-state index contributed by atoms with van der Waals surface area (Å²) in [6.45, 7) is 10.3. The van der Waals surface area contributed by atoms with Crippen LogP contribution >= 0.6 is 0 Å². The van der Waals surface area contributed by atoms with E-state index in [2.05, 4.69) is 10.3 Å². The topological polar surface area (TPSA) is 128 Å². The molecule has 1 heterocycles. The van der Waals surface area contributed by atoms with E-state index in [0.717, 1.165) is 15.9 Å². The first-order valence-corrected chi connectivity index (χ1v) is 10.7. The van der Waals surface area contributed by atoms with E-state index in [1.54, 1.807) is 46.8 Å². The Morgan fingerprint density at radius 3 is 2.27 bits per heavy atom. The fraction of sp³-hybridized carbons (Fsp3) is 0.450. The van der Waals surface area contributed by atoms with E-state index in [-0.39, 0.29) is 17.0 Å². The molecule has 0 saturated heterocycles. The second kappa shape index (κ2) is 8.47. The molecule has 0 aliphatic carbocycles. The minimum absolute atomic E-state index is 0.179. The van der Waals surface area contributed by atoms with Crippen LogP contribution in [-0.2, 0) is 26.0 Å². The number of imidazole rings is 1. The number of carboxylic acids is 1. The first kappa shape index (κ1) is 23.4. The van der Waals surface area contributed by atoms with Gasteiger partial charge in [0.25, 0.3) is 10.0 Å². The van der Waals surface area contributed by atoms with Gasteiger partial charge in [-0.15, -0.1) is 0 Å². The van der Waals surface area contributed by atoms with E-state index in [1.807, 2.05) is 6.92 Å². The highest BCUT2D eigenvalue weighted by Crippen LogP contribution is 2.24. The van der Waals surface area contributed by atoms with Crippen LogP contribution in [0.5, 0.6) is 0 Å². The smallest absolute Gasteiger partial charge is 0.408 e. The number of carbonyl (C=O) groups excluding carboxylic acids is 1. The average molecular weight is 438 g/mol. The van der Waals surface area contributed by atoms with Gasteiger partial charge in [0.15, 0.2) is 0 Å². The number of aromatic nitrogens is 2. The van der Waals surface area contributed by atoms with E-state index in [4.69, 9.17) is 4.74 Å². The maximum atomic E-state index is 13.1. The zero-order chi connectivity index (χ0) is 22.9. The van der Waals surface area contributed by atoms with Gasteiger partial charge in [-0.25, -0.2) is 27.0 Å². The maximum Gasteiger partial charge on any atom is 0.408 e. The number of amides is 1. The molecule has 164 valence electrons. The minimum atomic E-state index is -3.90. The van der Waals surface area contributed by atoms with Crippen molar-refractivity contribution in [3.05, 3.63) is 47.0 Å². The SMILES string of the molecule is Cc1cc(C)c(S(=O)(=O)n2cnc(C[C@H](NC(=O)OC(C)(C)C)C(=O)O)c2)c(C)c1. The van der Waals surface area contributed by atoms with Gasteiger partial charge in [-0.2, -0.15) is 0 Å². The molecule has 1 amide bonds. The lowest BCUT2D eigenvalue weighted by Gasteiger charge is -2.21. The van der Waals surface area contributed by atoms with Gasteiger partial charge in [0.2, 0.25) is 0 Å². The quantitative estimate of drug-likeness (QED) is 0.711. The summed E-state index contributed by atoms with van der Waals surface area (Å²) in [5.41, 5.74) is 1.58. The molecule has 2 aromatic rings. The van der Waals surface area contributed by atoms with Gasteiger partial charge >= 0.3 is 12.1 Å². The van der Waals surface area contributed by atoms with Crippen LogP contribution < -0.4 is 5.32 Å². The molecule has 0 aliphatic rings. The van der Waals surface area contributed by atoms with Crippen LogP contribution in [0.4, 0.5) is 4.79 Å². The lowest BCUT2D eigenvalue weighted by atomic mass is 10.1. The maximum absolute atomic E-state index is 13.1. The normalized spacial score (nSPS) is 13.0. The Morgan fingerprint density at radius 2 is 1.77 bits per heavy atom. The van der Waals surface area contributed by atoms with Gasteiger partial charge < -0.3 is 15.2 Å². The number of ether oxygens (including phenoxy) is 1. The molecule has 10 heteroatoms. The number of alkyl carbamates (subject to hydrolysis) is 1. The number of rotatable bonds is 6. The zero-order valence-corrected chi connectivity index (χ0v) is 18.7. The molecule has 0 unspecified atom stereocenters. The molecule has 30 heavy (non-hydrogen) atoms. The number of benzene rings is 1. The number of aryl methyl sites for hydroxylation is 3. The number of carboxylic acid groups (broad SMARTS) is 1. The molecular weight excluding hydrogens is 410 g/mol. The third-order valence-electron chi connectivity index (χ3n) is 4.16. The fourth-order valence-corrected chi connectivity index (χ4v) is 4.69. The highest BCUT2D eigenvalue weighted by atomic mass is 32.2. The van der Waals surface area contributed by atoms with Gasteiger partial charge in [0, 0.05) is 12.6 Å². The molecular formula is C20H27N3O6S.